The van der Waals surface area contributed by atoms with Gasteiger partial charge in [0.1, 0.15) is 0 Å². The van der Waals surface area contributed by atoms with E-state index in [4.69, 9.17) is 0 Å². The van der Waals surface area contributed by atoms with Gasteiger partial charge in [-0.1, -0.05) is 30.3 Å². The minimum atomic E-state index is -0.362. The maximum Gasteiger partial charge on any atom is 0.164 e. The van der Waals surface area contributed by atoms with Gasteiger partial charge in [0.2, 0.25) is 0 Å². The fraction of sp³-hybridized carbons (Fsp3) is 0.533. The van der Waals surface area contributed by atoms with Gasteiger partial charge in [0, 0.05) is 31.1 Å². The van der Waals surface area contributed by atoms with Crippen LogP contribution in [0.3, 0.4) is 0 Å². The van der Waals surface area contributed by atoms with Crippen molar-refractivity contribution in [2.24, 2.45) is 0 Å². The number of nitrogens with zero attached hydrogens (tertiary/aromatic N) is 1. The van der Waals surface area contributed by atoms with Gasteiger partial charge in [-0.05, 0) is 20.8 Å². The van der Waals surface area contributed by atoms with E-state index < -0.39 is 0 Å². The van der Waals surface area contributed by atoms with E-state index in [0.29, 0.717) is 25.6 Å². The van der Waals surface area contributed by atoms with Crippen LogP contribution in [0, 0.1) is 0 Å². The summed E-state index contributed by atoms with van der Waals surface area (Å²) in [5, 5.41) is 9.43. The lowest BCUT2D eigenvalue weighted by Crippen LogP contribution is -2.38. The zero-order valence-corrected chi connectivity index (χ0v) is 11.5. The van der Waals surface area contributed by atoms with E-state index in [2.05, 4.69) is 18.7 Å². The molecule has 3 nitrogen and oxygen atoms in total. The van der Waals surface area contributed by atoms with Crippen LogP contribution < -0.4 is 0 Å². The minimum absolute atomic E-state index is 0.159. The summed E-state index contributed by atoms with van der Waals surface area (Å²) in [6, 6.07) is 9.69. The predicted molar refractivity (Wildman–Crippen MR) is 73.8 cm³/mol. The first-order valence-electron chi connectivity index (χ1n) is 6.51. The molecular formula is C15H23NO2. The summed E-state index contributed by atoms with van der Waals surface area (Å²) in [5.41, 5.74) is 0.762. The monoisotopic (exact) mass is 249 g/mol. The van der Waals surface area contributed by atoms with Crippen molar-refractivity contribution in [3.63, 3.8) is 0 Å². The molecule has 0 heterocycles. The molecule has 1 N–H and O–H groups in total. The molecule has 0 saturated carbocycles. The molecule has 0 aliphatic rings. The van der Waals surface area contributed by atoms with Crippen LogP contribution in [0.4, 0.5) is 0 Å². The molecule has 18 heavy (non-hydrogen) atoms. The van der Waals surface area contributed by atoms with Crippen LogP contribution in [0.15, 0.2) is 30.3 Å². The van der Waals surface area contributed by atoms with Gasteiger partial charge in [0.15, 0.2) is 5.78 Å². The van der Waals surface area contributed by atoms with Crippen molar-refractivity contribution >= 4 is 5.78 Å². The number of hydrogen-bond donors (Lipinski definition) is 1. The molecule has 0 aliphatic carbocycles. The molecule has 0 bridgehead atoms. The van der Waals surface area contributed by atoms with E-state index in [1.807, 2.05) is 30.3 Å². The predicted octanol–water partition coefficient (Wildman–Crippen LogP) is 2.35. The molecule has 1 unspecified atom stereocenters. The lowest BCUT2D eigenvalue weighted by Gasteiger charge is -2.27. The van der Waals surface area contributed by atoms with Crippen LogP contribution in [-0.4, -0.2) is 41.0 Å². The third-order valence-electron chi connectivity index (χ3n) is 2.95. The molecule has 1 rings (SSSR count). The summed E-state index contributed by atoms with van der Waals surface area (Å²) >= 11 is 0. The van der Waals surface area contributed by atoms with Crippen molar-refractivity contribution in [2.45, 2.75) is 39.3 Å². The molecule has 1 aromatic carbocycles. The second kappa shape index (κ2) is 7.29. The molecule has 0 fully saturated rings. The molecule has 0 saturated heterocycles. The zero-order chi connectivity index (χ0) is 13.5. The lowest BCUT2D eigenvalue weighted by molar-refractivity contribution is 0.0881. The lowest BCUT2D eigenvalue weighted by atomic mass is 10.1. The Hall–Kier alpha value is -1.19. The molecule has 0 spiro atoms. The van der Waals surface area contributed by atoms with E-state index in [0.717, 1.165) is 5.56 Å². The highest BCUT2D eigenvalue weighted by atomic mass is 16.3. The van der Waals surface area contributed by atoms with E-state index in [9.17, 15) is 9.90 Å². The molecule has 3 heteroatoms. The van der Waals surface area contributed by atoms with Crippen LogP contribution in [0.5, 0.6) is 0 Å². The first-order valence-corrected chi connectivity index (χ1v) is 6.51. The van der Waals surface area contributed by atoms with Crippen molar-refractivity contribution in [2.75, 3.05) is 13.1 Å². The Morgan fingerprint density at radius 1 is 1.22 bits per heavy atom. The van der Waals surface area contributed by atoms with E-state index >= 15 is 0 Å². The van der Waals surface area contributed by atoms with Gasteiger partial charge in [-0.25, -0.2) is 0 Å². The van der Waals surface area contributed by atoms with Gasteiger partial charge in [-0.2, -0.15) is 0 Å². The summed E-state index contributed by atoms with van der Waals surface area (Å²) in [5.74, 6) is 0.159. The summed E-state index contributed by atoms with van der Waals surface area (Å²) in [6.45, 7) is 7.23. The maximum atomic E-state index is 12.0. The zero-order valence-electron chi connectivity index (χ0n) is 11.5. The Morgan fingerprint density at radius 2 is 1.83 bits per heavy atom. The molecule has 0 aliphatic heterocycles. The van der Waals surface area contributed by atoms with Gasteiger partial charge in [-0.3, -0.25) is 9.69 Å². The van der Waals surface area contributed by atoms with E-state index in [-0.39, 0.29) is 11.9 Å². The molecule has 1 aromatic rings. The second-order valence-corrected chi connectivity index (χ2v) is 4.98. The largest absolute Gasteiger partial charge is 0.392 e. The average molecular weight is 249 g/mol. The van der Waals surface area contributed by atoms with Gasteiger partial charge in [0.25, 0.3) is 0 Å². The summed E-state index contributed by atoms with van der Waals surface area (Å²) in [4.78, 5) is 14.1. The Balaban J connectivity index is 2.50. The van der Waals surface area contributed by atoms with Crippen molar-refractivity contribution < 1.29 is 9.90 Å². The first-order chi connectivity index (χ1) is 8.50. The van der Waals surface area contributed by atoms with Gasteiger partial charge < -0.3 is 5.11 Å². The third-order valence-corrected chi connectivity index (χ3v) is 2.95. The van der Waals surface area contributed by atoms with Crippen molar-refractivity contribution in [1.29, 1.82) is 0 Å². The van der Waals surface area contributed by atoms with Crippen LogP contribution in [0.1, 0.15) is 37.6 Å². The molecule has 100 valence electrons. The second-order valence-electron chi connectivity index (χ2n) is 4.98. The molecule has 1 atom stereocenters. The fourth-order valence-electron chi connectivity index (χ4n) is 1.91. The average Bonchev–Trinajstić information content (AvgIpc) is 2.34. The van der Waals surface area contributed by atoms with Crippen LogP contribution >= 0.6 is 0 Å². The minimum Gasteiger partial charge on any atom is -0.392 e. The first kappa shape index (κ1) is 14.9. The Morgan fingerprint density at radius 3 is 2.33 bits per heavy atom. The number of rotatable bonds is 7. The van der Waals surface area contributed by atoms with Crippen LogP contribution in [0.2, 0.25) is 0 Å². The highest BCUT2D eigenvalue weighted by molar-refractivity contribution is 5.96. The van der Waals surface area contributed by atoms with Gasteiger partial charge in [0.05, 0.1) is 6.10 Å². The standard InChI is InChI=1S/C15H23NO2/c1-12(2)16(11-13(3)17)10-9-15(18)14-7-5-4-6-8-14/h4-8,12-13,17H,9-11H2,1-3H3. The Labute approximate surface area is 109 Å². The molecular weight excluding hydrogens is 226 g/mol. The summed E-state index contributed by atoms with van der Waals surface area (Å²) < 4.78 is 0. The maximum absolute atomic E-state index is 12.0. The fourth-order valence-corrected chi connectivity index (χ4v) is 1.91. The van der Waals surface area contributed by atoms with Crippen LogP contribution in [0.25, 0.3) is 0 Å². The number of carbonyl (C=O) groups is 1. The SMILES string of the molecule is CC(O)CN(CCC(=O)c1ccccc1)C(C)C. The smallest absolute Gasteiger partial charge is 0.164 e. The number of aliphatic hydroxyl groups is 1. The summed E-state index contributed by atoms with van der Waals surface area (Å²) in [7, 11) is 0. The number of benzene rings is 1. The number of Topliss-reactive ketones (excluding diaryl/α,β-unsaturated/α-hetero) is 1. The van der Waals surface area contributed by atoms with Gasteiger partial charge >= 0.3 is 0 Å². The molecule has 0 aromatic heterocycles. The number of carbonyl (C=O) groups excluding carboxylic acids is 1. The number of ketones is 1. The van der Waals surface area contributed by atoms with Crippen molar-refractivity contribution in [3.8, 4) is 0 Å². The third kappa shape index (κ3) is 4.98. The van der Waals surface area contributed by atoms with Gasteiger partial charge in [-0.15, -0.1) is 0 Å². The summed E-state index contributed by atoms with van der Waals surface area (Å²) in [6.07, 6.45) is 0.133. The Bertz CT molecular complexity index is 360. The number of hydrogen-bond acceptors (Lipinski definition) is 3. The van der Waals surface area contributed by atoms with Crippen molar-refractivity contribution in [1.82, 2.24) is 4.90 Å². The van der Waals surface area contributed by atoms with Crippen molar-refractivity contribution in [3.05, 3.63) is 35.9 Å². The van der Waals surface area contributed by atoms with Crippen LogP contribution in [-0.2, 0) is 0 Å². The molecule has 0 amide bonds. The molecule has 0 radical (unpaired) electrons. The normalized spacial score (nSPS) is 13.0. The Kier molecular flexibility index (Phi) is 6.02. The highest BCUT2D eigenvalue weighted by Gasteiger charge is 2.14. The topological polar surface area (TPSA) is 40.5 Å². The quantitative estimate of drug-likeness (QED) is 0.754. The highest BCUT2D eigenvalue weighted by Crippen LogP contribution is 2.07. The van der Waals surface area contributed by atoms with E-state index in [1.54, 1.807) is 6.92 Å². The number of aliphatic hydroxyl groups excluding tert-OH is 1. The van der Waals surface area contributed by atoms with E-state index in [1.165, 1.54) is 0 Å².